The molecule has 0 unspecified atom stereocenters. The molecule has 0 aliphatic rings. The van der Waals surface area contributed by atoms with Crippen LogP contribution >= 0.6 is 0 Å². The van der Waals surface area contributed by atoms with E-state index < -0.39 is 6.04 Å². The van der Waals surface area contributed by atoms with Crippen LogP contribution in [0.25, 0.3) is 9.65 Å². The molecule has 0 spiro atoms. The second-order valence-corrected chi connectivity index (χ2v) is 7.02. The van der Waals surface area contributed by atoms with Crippen molar-refractivity contribution in [2.75, 3.05) is 7.11 Å². The van der Waals surface area contributed by atoms with E-state index in [0.717, 1.165) is 9.65 Å². The number of methoxy groups -OCH3 is 1. The molecule has 1 aromatic heterocycles. The average molecular weight is 326 g/mol. The van der Waals surface area contributed by atoms with Crippen LogP contribution in [0.1, 0.15) is 26.3 Å². The van der Waals surface area contributed by atoms with Gasteiger partial charge in [-0.15, -0.1) is 0 Å². The Morgan fingerprint density at radius 1 is 1.37 bits per heavy atom. The van der Waals surface area contributed by atoms with Gasteiger partial charge in [0.25, 0.3) is 0 Å². The number of rotatable bonds is 4. The molecule has 2 aromatic rings. The SMILES string of the molecule is COC(=O)[C@@H](CC(C)C)n1[se]c2ccccc2c1=O. The van der Waals surface area contributed by atoms with Gasteiger partial charge in [-0.2, -0.15) is 0 Å². The number of ether oxygens (including phenoxy) is 1. The molecule has 0 saturated heterocycles. The zero-order chi connectivity index (χ0) is 14.0. The van der Waals surface area contributed by atoms with E-state index in [0.29, 0.717) is 12.3 Å². The van der Waals surface area contributed by atoms with Crippen molar-refractivity contribution in [1.82, 2.24) is 3.56 Å². The quantitative estimate of drug-likeness (QED) is 0.636. The fourth-order valence-corrected chi connectivity index (χ4v) is 4.34. The number of carbonyl (C=O) groups is 1. The van der Waals surface area contributed by atoms with E-state index in [1.807, 2.05) is 38.1 Å². The van der Waals surface area contributed by atoms with Gasteiger partial charge in [-0.3, -0.25) is 0 Å². The summed E-state index contributed by atoms with van der Waals surface area (Å²) < 4.78 is 7.57. The summed E-state index contributed by atoms with van der Waals surface area (Å²) >= 11 is -0.137. The van der Waals surface area contributed by atoms with Crippen LogP contribution < -0.4 is 5.56 Å². The van der Waals surface area contributed by atoms with E-state index in [1.165, 1.54) is 7.11 Å². The van der Waals surface area contributed by atoms with E-state index in [-0.39, 0.29) is 26.3 Å². The van der Waals surface area contributed by atoms with E-state index >= 15 is 0 Å². The van der Waals surface area contributed by atoms with Crippen molar-refractivity contribution in [3.05, 3.63) is 34.6 Å². The van der Waals surface area contributed by atoms with E-state index in [9.17, 15) is 9.59 Å². The third kappa shape index (κ3) is 2.82. The molecule has 19 heavy (non-hydrogen) atoms. The minimum atomic E-state index is -0.468. The van der Waals surface area contributed by atoms with Gasteiger partial charge >= 0.3 is 117 Å². The van der Waals surface area contributed by atoms with Crippen molar-refractivity contribution in [2.24, 2.45) is 5.92 Å². The van der Waals surface area contributed by atoms with Gasteiger partial charge in [0.05, 0.1) is 0 Å². The van der Waals surface area contributed by atoms with Gasteiger partial charge in [0.15, 0.2) is 0 Å². The molecule has 5 heteroatoms. The zero-order valence-corrected chi connectivity index (χ0v) is 13.0. The second-order valence-electron chi connectivity index (χ2n) is 4.89. The molecular weight excluding hydrogens is 309 g/mol. The van der Waals surface area contributed by atoms with Crippen LogP contribution in [-0.2, 0) is 9.53 Å². The van der Waals surface area contributed by atoms with Crippen molar-refractivity contribution >= 4 is 30.3 Å². The Bertz CT molecular complexity index is 641. The molecule has 0 bridgehead atoms. The Balaban J connectivity index is 2.52. The molecule has 0 fully saturated rings. The summed E-state index contributed by atoms with van der Waals surface area (Å²) in [4.78, 5) is 24.3. The number of aromatic nitrogens is 1. The summed E-state index contributed by atoms with van der Waals surface area (Å²) in [7, 11) is 1.37. The number of esters is 1. The number of hydrogen-bond donors (Lipinski definition) is 0. The third-order valence-electron chi connectivity index (χ3n) is 2.97. The molecule has 0 radical (unpaired) electrons. The second kappa shape index (κ2) is 5.76. The Morgan fingerprint density at radius 2 is 2.05 bits per heavy atom. The predicted molar refractivity (Wildman–Crippen MR) is 75.7 cm³/mol. The fourth-order valence-electron chi connectivity index (χ4n) is 2.06. The van der Waals surface area contributed by atoms with Gasteiger partial charge in [0, 0.05) is 0 Å². The van der Waals surface area contributed by atoms with E-state index in [4.69, 9.17) is 4.74 Å². The Kier molecular flexibility index (Phi) is 4.27. The molecule has 0 aliphatic carbocycles. The first-order valence-corrected chi connectivity index (χ1v) is 7.85. The van der Waals surface area contributed by atoms with Crippen molar-refractivity contribution in [1.29, 1.82) is 0 Å². The molecule has 4 nitrogen and oxygen atoms in total. The van der Waals surface area contributed by atoms with Crippen molar-refractivity contribution in [3.63, 3.8) is 0 Å². The molecule has 1 heterocycles. The molecular formula is C14H17NO3Se. The van der Waals surface area contributed by atoms with Gasteiger partial charge in [-0.05, 0) is 0 Å². The van der Waals surface area contributed by atoms with Crippen LogP contribution in [0.15, 0.2) is 29.1 Å². The summed E-state index contributed by atoms with van der Waals surface area (Å²) in [5.74, 6) is 0.00754. The normalized spacial score (nSPS) is 12.8. The first-order chi connectivity index (χ1) is 9.04. The summed E-state index contributed by atoms with van der Waals surface area (Å²) in [6, 6.07) is 7.09. The molecule has 0 saturated carbocycles. The standard InChI is InChI=1S/C14H17NO3Se/c1-9(2)8-11(14(17)18-3)15-13(16)10-6-4-5-7-12(10)19-15/h4-7,9,11H,8H2,1-3H3/t11-/m1/s1. The van der Waals surface area contributed by atoms with Crippen molar-refractivity contribution in [3.8, 4) is 0 Å². The van der Waals surface area contributed by atoms with Crippen molar-refractivity contribution in [2.45, 2.75) is 26.3 Å². The van der Waals surface area contributed by atoms with Crippen LogP contribution in [0, 0.1) is 5.92 Å². The maximum atomic E-state index is 12.4. The van der Waals surface area contributed by atoms with Crippen molar-refractivity contribution < 1.29 is 9.53 Å². The molecule has 2 rings (SSSR count). The molecule has 102 valence electrons. The Hall–Kier alpha value is -1.32. The molecule has 1 atom stereocenters. The molecule has 0 amide bonds. The molecule has 0 N–H and O–H groups in total. The number of benzene rings is 1. The van der Waals surface area contributed by atoms with Gasteiger partial charge in [0.1, 0.15) is 0 Å². The number of nitrogens with zero attached hydrogens (tertiary/aromatic N) is 1. The topological polar surface area (TPSA) is 48.3 Å². The predicted octanol–water partition coefficient (Wildman–Crippen LogP) is 1.82. The van der Waals surface area contributed by atoms with Crippen LogP contribution in [0.2, 0.25) is 0 Å². The summed E-state index contributed by atoms with van der Waals surface area (Å²) in [6.45, 7) is 4.08. The first kappa shape index (κ1) is 14.1. The average Bonchev–Trinajstić information content (AvgIpc) is 2.73. The number of carbonyl (C=O) groups excluding carboxylic acids is 1. The van der Waals surface area contributed by atoms with Gasteiger partial charge < -0.3 is 0 Å². The maximum absolute atomic E-state index is 12.4. The van der Waals surface area contributed by atoms with Gasteiger partial charge in [0.2, 0.25) is 0 Å². The number of hydrogen-bond acceptors (Lipinski definition) is 3. The molecule has 0 aliphatic heterocycles. The van der Waals surface area contributed by atoms with Crippen LogP contribution in [0.5, 0.6) is 0 Å². The zero-order valence-electron chi connectivity index (χ0n) is 11.3. The third-order valence-corrected chi connectivity index (χ3v) is 5.42. The first-order valence-electron chi connectivity index (χ1n) is 6.23. The van der Waals surface area contributed by atoms with Crippen LogP contribution in [-0.4, -0.2) is 31.4 Å². The molecule has 1 aromatic carbocycles. The van der Waals surface area contributed by atoms with Crippen LogP contribution in [0.4, 0.5) is 0 Å². The Labute approximate surface area is 118 Å². The van der Waals surface area contributed by atoms with E-state index in [2.05, 4.69) is 0 Å². The van der Waals surface area contributed by atoms with Gasteiger partial charge in [-0.1, -0.05) is 0 Å². The summed E-state index contributed by atoms with van der Waals surface area (Å²) in [5.41, 5.74) is -0.0494. The summed E-state index contributed by atoms with van der Waals surface area (Å²) in [6.07, 6.45) is 0.633. The fraction of sp³-hybridized carbons (Fsp3) is 0.429. The van der Waals surface area contributed by atoms with Gasteiger partial charge in [-0.25, -0.2) is 0 Å². The summed E-state index contributed by atoms with van der Waals surface area (Å²) in [5, 5.41) is 0.722. The van der Waals surface area contributed by atoms with E-state index in [1.54, 1.807) is 3.56 Å². The van der Waals surface area contributed by atoms with Crippen LogP contribution in [0.3, 0.4) is 0 Å². The monoisotopic (exact) mass is 327 g/mol. The number of fused-ring (bicyclic) bond motifs is 1. The minimum absolute atomic E-state index is 0.0494. The Morgan fingerprint density at radius 3 is 2.63 bits per heavy atom.